The highest BCUT2D eigenvalue weighted by Gasteiger charge is 2.03. The van der Waals surface area contributed by atoms with Crippen LogP contribution in [-0.4, -0.2) is 11.3 Å². The van der Waals surface area contributed by atoms with Crippen LogP contribution < -0.4 is 0 Å². The van der Waals surface area contributed by atoms with E-state index >= 15 is 0 Å². The van der Waals surface area contributed by atoms with Gasteiger partial charge in [-0.3, -0.25) is 9.78 Å². The van der Waals surface area contributed by atoms with E-state index in [1.807, 2.05) is 31.2 Å². The van der Waals surface area contributed by atoms with Crippen molar-refractivity contribution in [3.8, 4) is 11.3 Å². The van der Waals surface area contributed by atoms with Gasteiger partial charge in [0.15, 0.2) is 6.29 Å². The summed E-state index contributed by atoms with van der Waals surface area (Å²) >= 11 is 5.89. The molecule has 2 nitrogen and oxygen atoms in total. The summed E-state index contributed by atoms with van der Waals surface area (Å²) < 4.78 is 0. The Hall–Kier alpha value is -1.67. The molecule has 0 radical (unpaired) electrons. The van der Waals surface area contributed by atoms with E-state index in [9.17, 15) is 4.79 Å². The summed E-state index contributed by atoms with van der Waals surface area (Å²) in [5.41, 5.74) is 3.52. The van der Waals surface area contributed by atoms with Gasteiger partial charge < -0.3 is 0 Å². The number of aromatic nitrogens is 1. The summed E-state index contributed by atoms with van der Waals surface area (Å²) in [6.07, 6.45) is 2.35. The lowest BCUT2D eigenvalue weighted by Crippen LogP contribution is -1.88. The second-order valence-corrected chi connectivity index (χ2v) is 3.99. The molecule has 80 valence electrons. The Morgan fingerprint density at radius 1 is 1.25 bits per heavy atom. The average molecular weight is 232 g/mol. The van der Waals surface area contributed by atoms with Gasteiger partial charge in [-0.05, 0) is 36.8 Å². The lowest BCUT2D eigenvalue weighted by atomic mass is 10.1. The number of nitrogens with zero attached hydrogens (tertiary/aromatic N) is 1. The van der Waals surface area contributed by atoms with Crippen molar-refractivity contribution in [2.24, 2.45) is 0 Å². The molecule has 1 heterocycles. The highest BCUT2D eigenvalue weighted by molar-refractivity contribution is 6.30. The Labute approximate surface area is 98.9 Å². The van der Waals surface area contributed by atoms with E-state index in [0.29, 0.717) is 10.6 Å². The van der Waals surface area contributed by atoms with Gasteiger partial charge in [-0.1, -0.05) is 17.7 Å². The van der Waals surface area contributed by atoms with E-state index in [1.165, 1.54) is 0 Å². The lowest BCUT2D eigenvalue weighted by Gasteiger charge is -2.05. The molecular weight excluding hydrogens is 222 g/mol. The summed E-state index contributed by atoms with van der Waals surface area (Å²) in [5, 5.41) is 0.714. The number of rotatable bonds is 2. The number of hydrogen-bond donors (Lipinski definition) is 0. The third kappa shape index (κ3) is 2.12. The van der Waals surface area contributed by atoms with Crippen LogP contribution in [0.5, 0.6) is 0 Å². The maximum atomic E-state index is 10.5. The topological polar surface area (TPSA) is 30.0 Å². The number of hydrogen-bond acceptors (Lipinski definition) is 2. The predicted molar refractivity (Wildman–Crippen MR) is 64.8 cm³/mol. The van der Waals surface area contributed by atoms with Crippen LogP contribution in [0.4, 0.5) is 0 Å². The molecule has 0 spiro atoms. The first-order chi connectivity index (χ1) is 7.70. The Kier molecular flexibility index (Phi) is 3.02. The molecular formula is C13H10ClNO. The van der Waals surface area contributed by atoms with E-state index in [1.54, 1.807) is 12.3 Å². The van der Waals surface area contributed by atoms with Crippen molar-refractivity contribution >= 4 is 17.9 Å². The quantitative estimate of drug-likeness (QED) is 0.741. The number of aryl methyl sites for hydroxylation is 1. The van der Waals surface area contributed by atoms with Crippen molar-refractivity contribution in [2.45, 2.75) is 6.92 Å². The van der Waals surface area contributed by atoms with Crippen molar-refractivity contribution in [1.29, 1.82) is 0 Å². The zero-order chi connectivity index (χ0) is 11.5. The van der Waals surface area contributed by atoms with Crippen molar-refractivity contribution in [2.75, 3.05) is 0 Å². The SMILES string of the molecule is Cc1cc(Cl)ccc1-c1ccc(C=O)cn1. The normalized spacial score (nSPS) is 10.1. The largest absolute Gasteiger partial charge is 0.298 e. The zero-order valence-electron chi connectivity index (χ0n) is 8.77. The molecule has 0 N–H and O–H groups in total. The van der Waals surface area contributed by atoms with E-state index in [0.717, 1.165) is 23.1 Å². The molecule has 0 aliphatic carbocycles. The molecule has 16 heavy (non-hydrogen) atoms. The molecule has 0 amide bonds. The summed E-state index contributed by atoms with van der Waals surface area (Å²) in [7, 11) is 0. The summed E-state index contributed by atoms with van der Waals surface area (Å²) in [5.74, 6) is 0. The fraction of sp³-hybridized carbons (Fsp3) is 0.0769. The Morgan fingerprint density at radius 3 is 2.62 bits per heavy atom. The molecule has 0 fully saturated rings. The van der Waals surface area contributed by atoms with E-state index in [-0.39, 0.29) is 0 Å². The van der Waals surface area contributed by atoms with Crippen molar-refractivity contribution < 1.29 is 4.79 Å². The van der Waals surface area contributed by atoms with Crippen LogP contribution in [0.3, 0.4) is 0 Å². The van der Waals surface area contributed by atoms with Crippen LogP contribution >= 0.6 is 11.6 Å². The number of carbonyl (C=O) groups excluding carboxylic acids is 1. The number of benzene rings is 1. The minimum absolute atomic E-state index is 0.579. The summed E-state index contributed by atoms with van der Waals surface area (Å²) in [6, 6.07) is 9.25. The lowest BCUT2D eigenvalue weighted by molar-refractivity contribution is 0.112. The molecule has 0 saturated heterocycles. The van der Waals surface area contributed by atoms with Gasteiger partial charge >= 0.3 is 0 Å². The van der Waals surface area contributed by atoms with Crippen LogP contribution in [0, 0.1) is 6.92 Å². The van der Waals surface area contributed by atoms with Gasteiger partial charge in [0.1, 0.15) is 0 Å². The molecule has 0 atom stereocenters. The van der Waals surface area contributed by atoms with Gasteiger partial charge in [0.25, 0.3) is 0 Å². The van der Waals surface area contributed by atoms with Crippen LogP contribution in [0.25, 0.3) is 11.3 Å². The fourth-order valence-electron chi connectivity index (χ4n) is 1.55. The van der Waals surface area contributed by atoms with Crippen LogP contribution in [0.2, 0.25) is 5.02 Å². The first kappa shape index (κ1) is 10.8. The molecule has 2 aromatic rings. The highest BCUT2D eigenvalue weighted by atomic mass is 35.5. The second kappa shape index (κ2) is 4.45. The molecule has 3 heteroatoms. The van der Waals surface area contributed by atoms with E-state index < -0.39 is 0 Å². The maximum Gasteiger partial charge on any atom is 0.151 e. The molecule has 2 rings (SSSR count). The molecule has 0 saturated carbocycles. The van der Waals surface area contributed by atoms with Gasteiger partial charge in [0, 0.05) is 22.3 Å². The Morgan fingerprint density at radius 2 is 2.06 bits per heavy atom. The first-order valence-electron chi connectivity index (χ1n) is 4.88. The van der Waals surface area contributed by atoms with Crippen LogP contribution in [-0.2, 0) is 0 Å². The first-order valence-corrected chi connectivity index (χ1v) is 5.26. The molecule has 0 unspecified atom stereocenters. The summed E-state index contributed by atoms with van der Waals surface area (Å²) in [6.45, 7) is 1.98. The smallest absolute Gasteiger partial charge is 0.151 e. The predicted octanol–water partition coefficient (Wildman–Crippen LogP) is 3.52. The summed E-state index contributed by atoms with van der Waals surface area (Å²) in [4.78, 5) is 14.7. The van der Waals surface area contributed by atoms with Gasteiger partial charge in [0.2, 0.25) is 0 Å². The second-order valence-electron chi connectivity index (χ2n) is 3.55. The molecule has 1 aromatic heterocycles. The molecule has 0 bridgehead atoms. The van der Waals surface area contributed by atoms with Gasteiger partial charge in [-0.2, -0.15) is 0 Å². The minimum atomic E-state index is 0.579. The van der Waals surface area contributed by atoms with E-state index in [4.69, 9.17) is 11.6 Å². The monoisotopic (exact) mass is 231 g/mol. The molecule has 0 aliphatic heterocycles. The van der Waals surface area contributed by atoms with Crippen molar-refractivity contribution in [3.05, 3.63) is 52.7 Å². The van der Waals surface area contributed by atoms with Crippen LogP contribution in [0.1, 0.15) is 15.9 Å². The van der Waals surface area contributed by atoms with Crippen LogP contribution in [0.15, 0.2) is 36.5 Å². The minimum Gasteiger partial charge on any atom is -0.298 e. The number of carbonyl (C=O) groups is 1. The molecule has 1 aromatic carbocycles. The van der Waals surface area contributed by atoms with Gasteiger partial charge in [-0.25, -0.2) is 0 Å². The Balaban J connectivity index is 2.46. The third-order valence-electron chi connectivity index (χ3n) is 2.39. The van der Waals surface area contributed by atoms with Crippen molar-refractivity contribution in [3.63, 3.8) is 0 Å². The van der Waals surface area contributed by atoms with Gasteiger partial charge in [-0.15, -0.1) is 0 Å². The third-order valence-corrected chi connectivity index (χ3v) is 2.62. The van der Waals surface area contributed by atoms with E-state index in [2.05, 4.69) is 4.98 Å². The Bertz CT molecular complexity index is 520. The standard InChI is InChI=1S/C13H10ClNO/c1-9-6-11(14)3-4-12(9)13-5-2-10(8-16)7-15-13/h2-8H,1H3. The maximum absolute atomic E-state index is 10.5. The number of pyridine rings is 1. The van der Waals surface area contributed by atoms with Crippen molar-refractivity contribution in [1.82, 2.24) is 4.98 Å². The zero-order valence-corrected chi connectivity index (χ0v) is 9.53. The van der Waals surface area contributed by atoms with Gasteiger partial charge in [0.05, 0.1) is 5.69 Å². The average Bonchev–Trinajstić information content (AvgIpc) is 2.29. The fourth-order valence-corrected chi connectivity index (χ4v) is 1.78. The molecule has 0 aliphatic rings. The number of halogens is 1. The number of aldehydes is 1. The highest BCUT2D eigenvalue weighted by Crippen LogP contribution is 2.24.